The summed E-state index contributed by atoms with van der Waals surface area (Å²) in [7, 11) is 0. The topological polar surface area (TPSA) is 74.1 Å². The third-order valence-corrected chi connectivity index (χ3v) is 3.84. The number of anilines is 2. The molecular formula is C19H18ClN3O2. The van der Waals surface area contributed by atoms with Crippen LogP contribution in [0.3, 0.4) is 0 Å². The number of rotatable bonds is 6. The van der Waals surface area contributed by atoms with Gasteiger partial charge in [-0.2, -0.15) is 5.26 Å². The van der Waals surface area contributed by atoms with Crippen LogP contribution in [0.4, 0.5) is 11.4 Å². The van der Waals surface area contributed by atoms with Crippen LogP contribution in [0, 0.1) is 18.3 Å². The minimum atomic E-state index is -0.508. The van der Waals surface area contributed by atoms with Gasteiger partial charge in [-0.25, -0.2) is 0 Å². The summed E-state index contributed by atoms with van der Waals surface area (Å²) < 4.78 is 5.36. The SMILES string of the molecule is CCOc1ccc(N/C=C(/C#N)C(=O)Nc2cccc(Cl)c2C)cc1. The Labute approximate surface area is 151 Å². The van der Waals surface area contributed by atoms with E-state index in [1.54, 1.807) is 49.4 Å². The van der Waals surface area contributed by atoms with Crippen molar-refractivity contribution in [2.75, 3.05) is 17.2 Å². The maximum absolute atomic E-state index is 12.3. The quantitative estimate of drug-likeness (QED) is 0.590. The summed E-state index contributed by atoms with van der Waals surface area (Å²) in [5.74, 6) is 0.248. The fourth-order valence-electron chi connectivity index (χ4n) is 2.05. The Balaban J connectivity index is 2.07. The lowest BCUT2D eigenvalue weighted by Crippen LogP contribution is -2.15. The van der Waals surface area contributed by atoms with Crippen molar-refractivity contribution < 1.29 is 9.53 Å². The Kier molecular flexibility index (Phi) is 6.44. The number of halogens is 1. The van der Waals surface area contributed by atoms with Crippen LogP contribution in [0.1, 0.15) is 12.5 Å². The Morgan fingerprint density at radius 1 is 1.28 bits per heavy atom. The molecule has 0 saturated carbocycles. The lowest BCUT2D eigenvalue weighted by atomic mass is 10.2. The first-order valence-corrected chi connectivity index (χ1v) is 8.09. The average molecular weight is 356 g/mol. The summed E-state index contributed by atoms with van der Waals surface area (Å²) in [6.45, 7) is 4.30. The van der Waals surface area contributed by atoms with E-state index in [-0.39, 0.29) is 5.57 Å². The smallest absolute Gasteiger partial charge is 0.267 e. The van der Waals surface area contributed by atoms with Crippen LogP contribution in [0.5, 0.6) is 5.75 Å². The molecule has 0 aliphatic carbocycles. The van der Waals surface area contributed by atoms with Crippen molar-refractivity contribution in [1.82, 2.24) is 0 Å². The van der Waals surface area contributed by atoms with Gasteiger partial charge in [-0.3, -0.25) is 4.79 Å². The number of hydrogen-bond acceptors (Lipinski definition) is 4. The first kappa shape index (κ1) is 18.4. The summed E-state index contributed by atoms with van der Waals surface area (Å²) in [6, 6.07) is 14.3. The zero-order valence-corrected chi connectivity index (χ0v) is 14.7. The molecule has 0 aliphatic heterocycles. The molecule has 0 fully saturated rings. The lowest BCUT2D eigenvalue weighted by molar-refractivity contribution is -0.112. The molecule has 0 aliphatic rings. The molecule has 0 bridgehead atoms. The van der Waals surface area contributed by atoms with Gasteiger partial charge in [0.1, 0.15) is 17.4 Å². The number of benzene rings is 2. The molecule has 2 N–H and O–H groups in total. The first-order valence-electron chi connectivity index (χ1n) is 7.71. The van der Waals surface area contributed by atoms with Gasteiger partial charge in [0, 0.05) is 22.6 Å². The monoisotopic (exact) mass is 355 g/mol. The highest BCUT2D eigenvalue weighted by molar-refractivity contribution is 6.31. The van der Waals surface area contributed by atoms with Crippen LogP contribution < -0.4 is 15.4 Å². The molecule has 128 valence electrons. The van der Waals surface area contributed by atoms with Crippen molar-refractivity contribution in [3.8, 4) is 11.8 Å². The molecule has 5 nitrogen and oxygen atoms in total. The molecule has 0 unspecified atom stereocenters. The zero-order chi connectivity index (χ0) is 18.2. The van der Waals surface area contributed by atoms with Crippen molar-refractivity contribution >= 4 is 28.9 Å². The van der Waals surface area contributed by atoms with Gasteiger partial charge in [-0.1, -0.05) is 17.7 Å². The predicted molar refractivity (Wildman–Crippen MR) is 99.7 cm³/mol. The van der Waals surface area contributed by atoms with Crippen molar-refractivity contribution in [2.24, 2.45) is 0 Å². The molecule has 2 rings (SSSR count). The highest BCUT2D eigenvalue weighted by Crippen LogP contribution is 2.23. The van der Waals surface area contributed by atoms with E-state index in [1.807, 2.05) is 13.0 Å². The number of ether oxygens (including phenoxy) is 1. The maximum atomic E-state index is 12.3. The highest BCUT2D eigenvalue weighted by atomic mass is 35.5. The van der Waals surface area contributed by atoms with Crippen LogP contribution in [0.2, 0.25) is 5.02 Å². The fourth-order valence-corrected chi connectivity index (χ4v) is 2.23. The number of amides is 1. The predicted octanol–water partition coefficient (Wildman–Crippen LogP) is 4.51. The summed E-state index contributed by atoms with van der Waals surface area (Å²) in [5.41, 5.74) is 2.00. The van der Waals surface area contributed by atoms with Gasteiger partial charge in [-0.15, -0.1) is 0 Å². The van der Waals surface area contributed by atoms with Crippen molar-refractivity contribution in [1.29, 1.82) is 5.26 Å². The molecule has 0 saturated heterocycles. The van der Waals surface area contributed by atoms with Crippen molar-refractivity contribution in [2.45, 2.75) is 13.8 Å². The zero-order valence-electron chi connectivity index (χ0n) is 14.0. The van der Waals surface area contributed by atoms with E-state index in [0.717, 1.165) is 17.0 Å². The summed E-state index contributed by atoms with van der Waals surface area (Å²) in [5, 5.41) is 15.4. The molecule has 0 atom stereocenters. The van der Waals surface area contributed by atoms with Gasteiger partial charge in [-0.05, 0) is 55.8 Å². The minimum Gasteiger partial charge on any atom is -0.494 e. The number of nitriles is 1. The van der Waals surface area contributed by atoms with E-state index in [2.05, 4.69) is 10.6 Å². The van der Waals surface area contributed by atoms with E-state index >= 15 is 0 Å². The van der Waals surface area contributed by atoms with E-state index < -0.39 is 5.91 Å². The third-order valence-electron chi connectivity index (χ3n) is 3.43. The Bertz CT molecular complexity index is 824. The number of hydrogen-bond donors (Lipinski definition) is 2. The van der Waals surface area contributed by atoms with Crippen LogP contribution in [-0.2, 0) is 4.79 Å². The normalized spacial score (nSPS) is 10.7. The van der Waals surface area contributed by atoms with Crippen LogP contribution in [-0.4, -0.2) is 12.5 Å². The van der Waals surface area contributed by atoms with E-state index in [4.69, 9.17) is 16.3 Å². The van der Waals surface area contributed by atoms with E-state index in [1.165, 1.54) is 6.20 Å². The Morgan fingerprint density at radius 3 is 2.64 bits per heavy atom. The first-order chi connectivity index (χ1) is 12.0. The summed E-state index contributed by atoms with van der Waals surface area (Å²) >= 11 is 6.03. The molecular weight excluding hydrogens is 338 g/mol. The minimum absolute atomic E-state index is 0.0479. The maximum Gasteiger partial charge on any atom is 0.267 e. The average Bonchev–Trinajstić information content (AvgIpc) is 2.61. The molecule has 0 spiro atoms. The number of carbonyl (C=O) groups excluding carboxylic acids is 1. The van der Waals surface area contributed by atoms with Crippen molar-refractivity contribution in [3.63, 3.8) is 0 Å². The van der Waals surface area contributed by atoms with E-state index in [0.29, 0.717) is 17.3 Å². The molecule has 6 heteroatoms. The molecule has 0 radical (unpaired) electrons. The van der Waals surface area contributed by atoms with Gasteiger partial charge in [0.2, 0.25) is 0 Å². The second-order valence-corrected chi connectivity index (χ2v) is 5.55. The van der Waals surface area contributed by atoms with Gasteiger partial charge in [0.25, 0.3) is 5.91 Å². The molecule has 2 aromatic carbocycles. The second kappa shape index (κ2) is 8.76. The number of carbonyl (C=O) groups is 1. The van der Waals surface area contributed by atoms with Crippen molar-refractivity contribution in [3.05, 3.63) is 64.8 Å². The Hall–Kier alpha value is -2.97. The van der Waals surface area contributed by atoms with Crippen LogP contribution in [0.25, 0.3) is 0 Å². The van der Waals surface area contributed by atoms with Gasteiger partial charge >= 0.3 is 0 Å². The van der Waals surface area contributed by atoms with Gasteiger partial charge < -0.3 is 15.4 Å². The summed E-state index contributed by atoms with van der Waals surface area (Å²) in [4.78, 5) is 12.3. The van der Waals surface area contributed by atoms with Gasteiger partial charge in [0.05, 0.1) is 6.61 Å². The lowest BCUT2D eigenvalue weighted by Gasteiger charge is -2.09. The highest BCUT2D eigenvalue weighted by Gasteiger charge is 2.11. The Morgan fingerprint density at radius 2 is 2.00 bits per heavy atom. The molecule has 0 heterocycles. The molecule has 25 heavy (non-hydrogen) atoms. The standard InChI is InChI=1S/C19H18ClN3O2/c1-3-25-16-9-7-15(8-10-16)22-12-14(11-21)19(24)23-18-6-4-5-17(20)13(18)2/h4-10,12,22H,3H2,1-2H3,(H,23,24)/b14-12-. The molecule has 0 aromatic heterocycles. The fraction of sp³-hybridized carbons (Fsp3) is 0.158. The van der Waals surface area contributed by atoms with Gasteiger partial charge in [0.15, 0.2) is 0 Å². The van der Waals surface area contributed by atoms with Crippen LogP contribution in [0.15, 0.2) is 54.2 Å². The second-order valence-electron chi connectivity index (χ2n) is 5.14. The number of nitrogens with one attached hydrogen (secondary N) is 2. The third kappa shape index (κ3) is 5.00. The largest absolute Gasteiger partial charge is 0.494 e. The van der Waals surface area contributed by atoms with E-state index in [9.17, 15) is 10.1 Å². The van der Waals surface area contributed by atoms with Crippen LogP contribution >= 0.6 is 11.6 Å². The number of nitrogens with zero attached hydrogens (tertiary/aromatic N) is 1. The molecule has 2 aromatic rings. The molecule has 1 amide bonds. The summed E-state index contributed by atoms with van der Waals surface area (Å²) in [6.07, 6.45) is 1.37.